The van der Waals surface area contributed by atoms with Gasteiger partial charge in [-0.3, -0.25) is 0 Å². The molecule has 0 unspecified atom stereocenters. The Morgan fingerprint density at radius 1 is 0.209 bits per heavy atom. The molecule has 0 saturated carbocycles. The summed E-state index contributed by atoms with van der Waals surface area (Å²) in [5.41, 5.74) is 46.9. The maximum atomic E-state index is 7.23. The Bertz CT molecular complexity index is 7060. The molecule has 0 atom stereocenters. The minimum Gasteiger partial charge on any atom is -0.455 e. The van der Waals surface area contributed by atoms with Crippen LogP contribution in [-0.2, 0) is 32.5 Å². The zero-order valence-corrected chi connectivity index (χ0v) is 67.1. The fourth-order valence-corrected chi connectivity index (χ4v) is 22.6. The van der Waals surface area contributed by atoms with Crippen LogP contribution in [0.5, 0.6) is 0 Å². The lowest BCUT2D eigenvalue weighted by Gasteiger charge is -2.30. The molecule has 16 aromatic carbocycles. The van der Waals surface area contributed by atoms with Crippen molar-refractivity contribution in [3.63, 3.8) is 0 Å². The van der Waals surface area contributed by atoms with Gasteiger partial charge in [-0.25, -0.2) is 0 Å². The van der Waals surface area contributed by atoms with Crippen LogP contribution in [0.3, 0.4) is 0 Å². The van der Waals surface area contributed by atoms with E-state index in [9.17, 15) is 0 Å². The Hall–Kier alpha value is -12.8. The van der Waals surface area contributed by atoms with Crippen LogP contribution in [0.1, 0.15) is 150 Å². The first kappa shape index (κ1) is 66.8. The highest BCUT2D eigenvalue weighted by atomic mass is 16.3. The molecule has 0 spiro atoms. The van der Waals surface area contributed by atoms with E-state index in [-0.39, 0.29) is 21.7 Å². The summed E-state index contributed by atoms with van der Waals surface area (Å²) in [7, 11) is 0. The molecule has 115 heavy (non-hydrogen) atoms. The summed E-state index contributed by atoms with van der Waals surface area (Å²) < 4.78 is 14.5. The molecule has 2 heterocycles. The van der Waals surface area contributed by atoms with Crippen LogP contribution in [0.15, 0.2) is 306 Å². The van der Waals surface area contributed by atoms with E-state index >= 15 is 0 Å². The molecular formula is C112H85NO2. The molecule has 24 rings (SSSR count). The minimum absolute atomic E-state index is 0.0752. The van der Waals surface area contributed by atoms with Crippen LogP contribution >= 0.6 is 0 Å². The number of benzene rings is 16. The average Bonchev–Trinajstić information content (AvgIpc) is 1.53. The molecule has 6 aliphatic carbocycles. The van der Waals surface area contributed by atoms with Gasteiger partial charge in [0.15, 0.2) is 0 Å². The molecule has 3 nitrogen and oxygen atoms in total. The molecular weight excluding hydrogens is 1390 g/mol. The maximum absolute atomic E-state index is 7.23. The number of hydrogen-bond donors (Lipinski definition) is 0. The lowest BCUT2D eigenvalue weighted by atomic mass is 9.79. The van der Waals surface area contributed by atoms with E-state index in [1.807, 2.05) is 0 Å². The second-order valence-electron chi connectivity index (χ2n) is 37.0. The van der Waals surface area contributed by atoms with E-state index in [4.69, 9.17) is 8.83 Å². The molecule has 550 valence electrons. The molecule has 0 bridgehead atoms. The van der Waals surface area contributed by atoms with Crippen LogP contribution < -0.4 is 4.90 Å². The van der Waals surface area contributed by atoms with Crippen molar-refractivity contribution in [2.24, 2.45) is 0 Å². The Balaban J connectivity index is 0.604. The quantitative estimate of drug-likeness (QED) is 0.159. The van der Waals surface area contributed by atoms with E-state index in [0.717, 1.165) is 72.4 Å². The fraction of sp³-hybridized carbons (Fsp3) is 0.161. The van der Waals surface area contributed by atoms with Gasteiger partial charge in [0.05, 0.1) is 5.69 Å². The first-order valence-electron chi connectivity index (χ1n) is 41.2. The highest BCUT2D eigenvalue weighted by Crippen LogP contribution is 2.62. The third kappa shape index (κ3) is 8.81. The summed E-state index contributed by atoms with van der Waals surface area (Å²) in [6.07, 6.45) is 0. The lowest BCUT2D eigenvalue weighted by molar-refractivity contribution is 0.656. The molecule has 3 heteroatoms. The molecule has 18 aromatic rings. The summed E-state index contributed by atoms with van der Waals surface area (Å²) >= 11 is 0. The lowest BCUT2D eigenvalue weighted by Crippen LogP contribution is -2.18. The molecule has 6 aliphatic rings. The Labute approximate surface area is 671 Å². The predicted octanol–water partition coefficient (Wildman–Crippen LogP) is 30.6. The third-order valence-electron chi connectivity index (χ3n) is 28.9. The summed E-state index contributed by atoms with van der Waals surface area (Å²) in [6.45, 7) is 29.0. The van der Waals surface area contributed by atoms with E-state index in [0.29, 0.717) is 0 Å². The van der Waals surface area contributed by atoms with E-state index in [1.165, 1.54) is 177 Å². The number of rotatable bonds is 7. The monoisotopic (exact) mass is 1480 g/mol. The number of para-hydroxylation sites is 2. The molecule has 0 fully saturated rings. The summed E-state index contributed by atoms with van der Waals surface area (Å²) in [6, 6.07) is 114. The van der Waals surface area contributed by atoms with Crippen molar-refractivity contribution in [2.75, 3.05) is 4.90 Å². The first-order valence-corrected chi connectivity index (χ1v) is 41.2. The van der Waals surface area contributed by atoms with Crippen molar-refractivity contribution in [1.82, 2.24) is 0 Å². The van der Waals surface area contributed by atoms with Gasteiger partial charge in [0, 0.05) is 81.9 Å². The van der Waals surface area contributed by atoms with Crippen molar-refractivity contribution in [3.05, 3.63) is 364 Å². The van der Waals surface area contributed by atoms with Crippen LogP contribution in [0.4, 0.5) is 17.1 Å². The van der Waals surface area contributed by atoms with E-state index in [1.54, 1.807) is 0 Å². The van der Waals surface area contributed by atoms with Crippen molar-refractivity contribution in [3.8, 4) is 111 Å². The summed E-state index contributed by atoms with van der Waals surface area (Å²) in [4.78, 5) is 2.54. The number of fused-ring (bicyclic) bond motifs is 27. The predicted molar refractivity (Wildman–Crippen MR) is 480 cm³/mol. The Morgan fingerprint density at radius 3 is 0.913 bits per heavy atom. The zero-order chi connectivity index (χ0) is 77.6. The van der Waals surface area contributed by atoms with E-state index < -0.39 is 10.8 Å². The van der Waals surface area contributed by atoms with Crippen molar-refractivity contribution in [1.29, 1.82) is 0 Å². The van der Waals surface area contributed by atoms with Gasteiger partial charge in [0.25, 0.3) is 0 Å². The number of hydrogen-bond acceptors (Lipinski definition) is 3. The summed E-state index contributed by atoms with van der Waals surface area (Å²) in [5.74, 6) is 0. The van der Waals surface area contributed by atoms with Crippen molar-refractivity contribution >= 4 is 71.7 Å². The molecule has 0 amide bonds. The zero-order valence-electron chi connectivity index (χ0n) is 67.1. The third-order valence-corrected chi connectivity index (χ3v) is 28.9. The van der Waals surface area contributed by atoms with E-state index in [2.05, 4.69) is 385 Å². The minimum atomic E-state index is -0.417. The highest BCUT2D eigenvalue weighted by Gasteiger charge is 2.45. The Morgan fingerprint density at radius 2 is 0.504 bits per heavy atom. The highest BCUT2D eigenvalue weighted by molar-refractivity contribution is 6.21. The van der Waals surface area contributed by atoms with Crippen LogP contribution in [0.25, 0.3) is 166 Å². The van der Waals surface area contributed by atoms with Gasteiger partial charge in [-0.15, -0.1) is 0 Å². The van der Waals surface area contributed by atoms with Gasteiger partial charge >= 0.3 is 0 Å². The average molecular weight is 1480 g/mol. The van der Waals surface area contributed by atoms with Gasteiger partial charge in [0.1, 0.15) is 22.3 Å². The smallest absolute Gasteiger partial charge is 0.143 e. The van der Waals surface area contributed by atoms with Gasteiger partial charge in [-0.1, -0.05) is 289 Å². The SMILES string of the molecule is CC1(C)c2ccccc2-c2ccc(-c3ccc4c(c3)C(C)(C)c3cc(-c5cc6c(c7c5oc5ccccc57)-c5ccc(N(c7ccc8c(c7)C(C)(C)c7cc(-c9ccc%10c(c9)C(C)(C)c9cc(-c%11ccc%12c(c%11)C(C)(C)c%11ccccc%11-%12)ccc9-%10)c9oc%10ccccc%10c9c7-8)c7cccc8ccccc78)cc5C6(C)C)ccc3-4)cc21. The first-order chi connectivity index (χ1) is 55.5. The molecule has 0 radical (unpaired) electrons. The second kappa shape index (κ2) is 22.6. The van der Waals surface area contributed by atoms with Crippen molar-refractivity contribution < 1.29 is 8.83 Å². The maximum Gasteiger partial charge on any atom is 0.143 e. The van der Waals surface area contributed by atoms with Gasteiger partial charge in [-0.2, -0.15) is 0 Å². The van der Waals surface area contributed by atoms with Crippen LogP contribution in [0, 0.1) is 0 Å². The normalized spacial score (nSPS) is 16.1. The van der Waals surface area contributed by atoms with Crippen molar-refractivity contribution in [2.45, 2.75) is 116 Å². The number of furan rings is 2. The molecule has 0 N–H and O–H groups in total. The molecule has 0 saturated heterocycles. The number of anilines is 3. The largest absolute Gasteiger partial charge is 0.455 e. The van der Waals surface area contributed by atoms with Gasteiger partial charge in [-0.05, 0) is 263 Å². The summed E-state index contributed by atoms with van der Waals surface area (Å²) in [5, 5.41) is 7.00. The molecule has 0 aliphatic heterocycles. The van der Waals surface area contributed by atoms with Crippen LogP contribution in [0.2, 0.25) is 0 Å². The second-order valence-corrected chi connectivity index (χ2v) is 37.0. The molecule has 2 aromatic heterocycles. The topological polar surface area (TPSA) is 29.5 Å². The van der Waals surface area contributed by atoms with Gasteiger partial charge < -0.3 is 13.7 Å². The standard InChI is InChI=1S/C112H85NO2/c1-107(2)86-31-19-15-27-72(86)74-44-36-63(52-88(74)107)65-38-46-76-78-48-40-67(56-92(78)109(5,6)90(76)54-65)84-60-96-101(103-82-29-17-21-34-99(82)114-105(84)103)80-50-42-69(58-94(80)111(96,9)10)113(98-33-23-25-62-24-13-14-26-71(62)98)70-43-51-81-95(59-70)112(11,12)97-61-85(106-104(102(81)97)83-30-18-22-35-100(83)115-106)68-41-49-79-77-47-39-66(55-91(77)110(7,8)93(79)57-68)64-37-45-75-73-28-16-20-32-87(73)108(3,4)89(75)53-64/h13-61H,1-12H3. The van der Waals surface area contributed by atoms with Crippen LogP contribution in [-0.4, -0.2) is 0 Å². The Kier molecular flexibility index (Phi) is 13.1. The number of nitrogens with zero attached hydrogens (tertiary/aromatic N) is 1. The fourth-order valence-electron chi connectivity index (χ4n) is 22.6. The van der Waals surface area contributed by atoms with Gasteiger partial charge in [0.2, 0.25) is 0 Å².